The van der Waals surface area contributed by atoms with Crippen LogP contribution in [-0.4, -0.2) is 48.0 Å². The van der Waals surface area contributed by atoms with Gasteiger partial charge in [-0.2, -0.15) is 0 Å². The van der Waals surface area contributed by atoms with E-state index >= 15 is 0 Å². The third-order valence-corrected chi connectivity index (χ3v) is 6.10. The van der Waals surface area contributed by atoms with Crippen LogP contribution in [0.4, 0.5) is 0 Å². The van der Waals surface area contributed by atoms with Crippen LogP contribution in [0.1, 0.15) is 22.7 Å². The normalized spacial score (nSPS) is 16.9. The predicted molar refractivity (Wildman–Crippen MR) is 130 cm³/mol. The highest BCUT2D eigenvalue weighted by atomic mass is 35.5. The molecule has 1 aromatic heterocycles. The van der Waals surface area contributed by atoms with Crippen molar-refractivity contribution in [3.63, 3.8) is 0 Å². The van der Waals surface area contributed by atoms with Crippen molar-refractivity contribution in [1.82, 2.24) is 9.88 Å². The Kier molecular flexibility index (Phi) is 6.93. The number of para-hydroxylation sites is 1. The molecule has 1 amide bonds. The van der Waals surface area contributed by atoms with Crippen LogP contribution in [0.5, 0.6) is 17.2 Å². The number of carbonyl (C=O) groups is 2. The Balaban J connectivity index is 1.96. The number of aromatic nitrogens is 1. The van der Waals surface area contributed by atoms with Crippen molar-refractivity contribution >= 4 is 29.1 Å². The van der Waals surface area contributed by atoms with Gasteiger partial charge >= 0.3 is 0 Å². The van der Waals surface area contributed by atoms with Gasteiger partial charge in [0.25, 0.3) is 11.7 Å². The van der Waals surface area contributed by atoms with E-state index in [4.69, 9.17) is 25.8 Å². The van der Waals surface area contributed by atoms with Crippen LogP contribution in [0.3, 0.4) is 0 Å². The van der Waals surface area contributed by atoms with Crippen LogP contribution in [0.2, 0.25) is 5.02 Å². The second-order valence-corrected chi connectivity index (χ2v) is 8.12. The first-order valence-corrected chi connectivity index (χ1v) is 11.0. The fraction of sp³-hybridized carbons (Fsp3) is 0.192. The molecule has 0 saturated carbocycles. The van der Waals surface area contributed by atoms with Crippen LogP contribution in [-0.2, 0) is 16.1 Å². The van der Waals surface area contributed by atoms with E-state index < -0.39 is 23.5 Å². The molecule has 1 fully saturated rings. The number of likely N-dealkylation sites (tertiary alicyclic amines) is 1. The van der Waals surface area contributed by atoms with Crippen LogP contribution >= 0.6 is 11.6 Å². The quantitative estimate of drug-likeness (QED) is 0.295. The van der Waals surface area contributed by atoms with Gasteiger partial charge in [-0.05, 0) is 29.8 Å². The van der Waals surface area contributed by atoms with Gasteiger partial charge in [-0.25, -0.2) is 0 Å². The van der Waals surface area contributed by atoms with Gasteiger partial charge in [-0.15, -0.1) is 0 Å². The van der Waals surface area contributed by atoms with E-state index in [1.165, 1.54) is 38.4 Å². The summed E-state index contributed by atoms with van der Waals surface area (Å²) in [6.45, 7) is 0.119. The zero-order valence-corrected chi connectivity index (χ0v) is 20.1. The minimum absolute atomic E-state index is 0.101. The van der Waals surface area contributed by atoms with Crippen molar-refractivity contribution in [1.29, 1.82) is 0 Å². The fourth-order valence-corrected chi connectivity index (χ4v) is 4.37. The zero-order chi connectivity index (χ0) is 25.1. The molecule has 1 N–H and O–H groups in total. The number of methoxy groups -OCH3 is 3. The molecule has 4 rings (SSSR count). The first-order valence-electron chi connectivity index (χ1n) is 10.6. The SMILES string of the molecule is COc1cc(/C(O)=C2\C(=O)C(=O)N(Cc3ccncc3)C2c2ccccc2OC)c(OC)cc1Cl. The molecule has 0 spiro atoms. The highest BCUT2D eigenvalue weighted by Gasteiger charge is 2.47. The standard InChI is InChI=1S/C26H23ClN2O6/c1-33-19-7-5-4-6-16(19)23-22(24(30)17-12-21(35-3)18(27)13-20(17)34-2)25(31)26(32)29(23)14-15-8-10-28-11-9-15/h4-13,23,30H,14H2,1-3H3/b24-22+. The van der Waals surface area contributed by atoms with Gasteiger partial charge in [0.05, 0.1) is 43.5 Å². The Morgan fingerprint density at radius 3 is 2.29 bits per heavy atom. The number of aliphatic hydroxyl groups is 1. The smallest absolute Gasteiger partial charge is 0.295 e. The summed E-state index contributed by atoms with van der Waals surface area (Å²) >= 11 is 6.22. The lowest BCUT2D eigenvalue weighted by Gasteiger charge is -2.26. The summed E-state index contributed by atoms with van der Waals surface area (Å²) in [5.41, 5.74) is 1.38. The largest absolute Gasteiger partial charge is 0.507 e. The van der Waals surface area contributed by atoms with E-state index in [-0.39, 0.29) is 34.2 Å². The Bertz CT molecular complexity index is 1310. The number of halogens is 1. The van der Waals surface area contributed by atoms with Crippen molar-refractivity contribution in [3.8, 4) is 17.2 Å². The second-order valence-electron chi connectivity index (χ2n) is 7.71. The minimum Gasteiger partial charge on any atom is -0.507 e. The maximum Gasteiger partial charge on any atom is 0.295 e. The Morgan fingerprint density at radius 2 is 1.63 bits per heavy atom. The number of benzene rings is 2. The Labute approximate surface area is 207 Å². The van der Waals surface area contributed by atoms with Crippen LogP contribution in [0.25, 0.3) is 5.76 Å². The van der Waals surface area contributed by atoms with Crippen LogP contribution < -0.4 is 14.2 Å². The van der Waals surface area contributed by atoms with Gasteiger partial charge in [-0.3, -0.25) is 14.6 Å². The molecule has 9 heteroatoms. The van der Waals surface area contributed by atoms with E-state index in [0.29, 0.717) is 11.3 Å². The summed E-state index contributed by atoms with van der Waals surface area (Å²) in [4.78, 5) is 32.0. The molecule has 3 aromatic rings. The van der Waals surface area contributed by atoms with E-state index in [1.807, 2.05) is 0 Å². The first kappa shape index (κ1) is 24.1. The summed E-state index contributed by atoms with van der Waals surface area (Å²) in [6.07, 6.45) is 3.21. The average Bonchev–Trinajstić information content (AvgIpc) is 3.13. The summed E-state index contributed by atoms with van der Waals surface area (Å²) in [5.74, 6) is -1.04. The number of hydrogen-bond acceptors (Lipinski definition) is 7. The minimum atomic E-state index is -0.925. The van der Waals surface area contributed by atoms with E-state index in [1.54, 1.807) is 48.8 Å². The van der Waals surface area contributed by atoms with Crippen molar-refractivity contribution in [2.24, 2.45) is 0 Å². The number of nitrogens with zero attached hydrogens (tertiary/aromatic N) is 2. The monoisotopic (exact) mass is 494 g/mol. The van der Waals surface area contributed by atoms with Crippen molar-refractivity contribution in [3.05, 3.63) is 88.2 Å². The Morgan fingerprint density at radius 1 is 0.971 bits per heavy atom. The van der Waals surface area contributed by atoms with Gasteiger partial charge < -0.3 is 24.2 Å². The molecular formula is C26H23ClN2O6. The molecule has 1 atom stereocenters. The molecule has 180 valence electrons. The van der Waals surface area contributed by atoms with E-state index in [9.17, 15) is 14.7 Å². The molecule has 0 aliphatic carbocycles. The molecule has 1 saturated heterocycles. The molecular weight excluding hydrogens is 472 g/mol. The number of Topliss-reactive ketones (excluding diaryl/α,β-unsaturated/α-hetero) is 1. The third-order valence-electron chi connectivity index (χ3n) is 5.80. The number of ether oxygens (including phenoxy) is 3. The van der Waals surface area contributed by atoms with Gasteiger partial charge in [0, 0.05) is 30.6 Å². The lowest BCUT2D eigenvalue weighted by molar-refractivity contribution is -0.140. The number of aliphatic hydroxyl groups excluding tert-OH is 1. The maximum atomic E-state index is 13.4. The molecule has 2 aromatic carbocycles. The molecule has 0 radical (unpaired) electrons. The molecule has 35 heavy (non-hydrogen) atoms. The van der Waals surface area contributed by atoms with Gasteiger partial charge in [0.1, 0.15) is 23.0 Å². The van der Waals surface area contributed by atoms with Gasteiger partial charge in [0.2, 0.25) is 0 Å². The van der Waals surface area contributed by atoms with Gasteiger partial charge in [-0.1, -0.05) is 29.8 Å². The van der Waals surface area contributed by atoms with Gasteiger partial charge in [0.15, 0.2) is 0 Å². The summed E-state index contributed by atoms with van der Waals surface area (Å²) in [7, 11) is 4.34. The van der Waals surface area contributed by atoms with Crippen molar-refractivity contribution < 1.29 is 28.9 Å². The number of pyridine rings is 1. The summed E-state index contributed by atoms with van der Waals surface area (Å²) < 4.78 is 16.2. The molecule has 2 heterocycles. The molecule has 1 aliphatic rings. The molecule has 0 bridgehead atoms. The number of carbonyl (C=O) groups excluding carboxylic acids is 2. The fourth-order valence-electron chi connectivity index (χ4n) is 4.13. The lowest BCUT2D eigenvalue weighted by Crippen LogP contribution is -2.29. The second kappa shape index (κ2) is 10.1. The summed E-state index contributed by atoms with van der Waals surface area (Å²) in [6, 6.07) is 12.6. The third kappa shape index (κ3) is 4.40. The highest BCUT2D eigenvalue weighted by Crippen LogP contribution is 2.45. The Hall–Kier alpha value is -4.04. The predicted octanol–water partition coefficient (Wildman–Crippen LogP) is 4.38. The maximum absolute atomic E-state index is 13.4. The van der Waals surface area contributed by atoms with E-state index in [2.05, 4.69) is 4.98 Å². The topological polar surface area (TPSA) is 98.2 Å². The number of ketones is 1. The average molecular weight is 495 g/mol. The number of amides is 1. The highest BCUT2D eigenvalue weighted by molar-refractivity contribution is 6.46. The summed E-state index contributed by atoms with van der Waals surface area (Å²) in [5, 5.41) is 11.7. The first-order chi connectivity index (χ1) is 16.9. The van der Waals surface area contributed by atoms with Crippen LogP contribution in [0, 0.1) is 0 Å². The molecule has 1 unspecified atom stereocenters. The van der Waals surface area contributed by atoms with Crippen LogP contribution in [0.15, 0.2) is 66.5 Å². The molecule has 1 aliphatic heterocycles. The number of rotatable bonds is 7. The lowest BCUT2D eigenvalue weighted by atomic mass is 9.94. The molecule has 8 nitrogen and oxygen atoms in total. The van der Waals surface area contributed by atoms with Crippen molar-refractivity contribution in [2.45, 2.75) is 12.6 Å². The van der Waals surface area contributed by atoms with E-state index in [0.717, 1.165) is 5.56 Å². The van der Waals surface area contributed by atoms with Crippen molar-refractivity contribution in [2.75, 3.05) is 21.3 Å². The zero-order valence-electron chi connectivity index (χ0n) is 19.3. The number of hydrogen-bond donors (Lipinski definition) is 1.